The Labute approximate surface area is 130 Å². The molecule has 0 heterocycles. The zero-order chi connectivity index (χ0) is 15.6. The average Bonchev–Trinajstić information content (AvgIpc) is 2.45. The molecule has 0 bridgehead atoms. The fourth-order valence-corrected chi connectivity index (χ4v) is 2.35. The SMILES string of the molecule is COc1ccc(C(=O)c2ccc(C(C)(C)C)cc2)cc1Cl. The van der Waals surface area contributed by atoms with Crippen LogP contribution in [0, 0.1) is 0 Å². The molecule has 0 aliphatic heterocycles. The van der Waals surface area contributed by atoms with Crippen LogP contribution in [0.1, 0.15) is 42.3 Å². The fourth-order valence-electron chi connectivity index (χ4n) is 2.10. The molecule has 0 radical (unpaired) electrons. The van der Waals surface area contributed by atoms with E-state index in [0.29, 0.717) is 21.9 Å². The van der Waals surface area contributed by atoms with Gasteiger partial charge in [0, 0.05) is 11.1 Å². The topological polar surface area (TPSA) is 26.3 Å². The number of hydrogen-bond acceptors (Lipinski definition) is 2. The number of carbonyl (C=O) groups excluding carboxylic acids is 1. The molecule has 0 amide bonds. The Morgan fingerprint density at radius 3 is 2.05 bits per heavy atom. The van der Waals surface area contributed by atoms with E-state index in [1.165, 1.54) is 5.56 Å². The molecule has 0 saturated heterocycles. The summed E-state index contributed by atoms with van der Waals surface area (Å²) in [4.78, 5) is 12.5. The molecule has 0 saturated carbocycles. The standard InChI is InChI=1S/C18H19ClO2/c1-18(2,3)14-8-5-12(6-9-14)17(20)13-7-10-16(21-4)15(19)11-13/h5-11H,1-4H3. The predicted octanol–water partition coefficient (Wildman–Crippen LogP) is 4.88. The molecular weight excluding hydrogens is 284 g/mol. The van der Waals surface area contributed by atoms with Crippen LogP contribution < -0.4 is 4.74 Å². The van der Waals surface area contributed by atoms with Crippen molar-refractivity contribution in [2.45, 2.75) is 26.2 Å². The van der Waals surface area contributed by atoms with Crippen LogP contribution in [0.15, 0.2) is 42.5 Å². The van der Waals surface area contributed by atoms with Crippen molar-refractivity contribution in [1.82, 2.24) is 0 Å². The van der Waals surface area contributed by atoms with Gasteiger partial charge in [-0.15, -0.1) is 0 Å². The van der Waals surface area contributed by atoms with Crippen molar-refractivity contribution in [2.75, 3.05) is 7.11 Å². The monoisotopic (exact) mass is 302 g/mol. The lowest BCUT2D eigenvalue weighted by molar-refractivity contribution is 0.103. The van der Waals surface area contributed by atoms with Crippen molar-refractivity contribution in [2.24, 2.45) is 0 Å². The van der Waals surface area contributed by atoms with Crippen molar-refractivity contribution in [1.29, 1.82) is 0 Å². The van der Waals surface area contributed by atoms with Gasteiger partial charge in [0.15, 0.2) is 5.78 Å². The van der Waals surface area contributed by atoms with Crippen molar-refractivity contribution >= 4 is 17.4 Å². The normalized spacial score (nSPS) is 11.3. The Morgan fingerprint density at radius 2 is 1.57 bits per heavy atom. The second-order valence-corrected chi connectivity index (χ2v) is 6.41. The minimum absolute atomic E-state index is 0.0417. The van der Waals surface area contributed by atoms with Gasteiger partial charge in [0.2, 0.25) is 0 Å². The number of methoxy groups -OCH3 is 1. The second-order valence-electron chi connectivity index (χ2n) is 6.01. The maximum atomic E-state index is 12.5. The number of rotatable bonds is 3. The van der Waals surface area contributed by atoms with E-state index in [-0.39, 0.29) is 11.2 Å². The first kappa shape index (κ1) is 15.6. The van der Waals surface area contributed by atoms with Crippen LogP contribution in [-0.2, 0) is 5.41 Å². The highest BCUT2D eigenvalue weighted by molar-refractivity contribution is 6.32. The minimum Gasteiger partial charge on any atom is -0.495 e. The molecule has 2 aromatic rings. The molecule has 0 atom stereocenters. The Morgan fingerprint density at radius 1 is 1.00 bits per heavy atom. The summed E-state index contributed by atoms with van der Waals surface area (Å²) < 4.78 is 5.10. The molecule has 3 heteroatoms. The third-order valence-electron chi connectivity index (χ3n) is 3.43. The summed E-state index contributed by atoms with van der Waals surface area (Å²) in [5.74, 6) is 0.524. The molecule has 2 aromatic carbocycles. The van der Waals surface area contributed by atoms with E-state index in [9.17, 15) is 4.79 Å². The lowest BCUT2D eigenvalue weighted by atomic mass is 9.86. The molecule has 2 rings (SSSR count). The summed E-state index contributed by atoms with van der Waals surface area (Å²) in [6, 6.07) is 12.8. The van der Waals surface area contributed by atoms with Crippen LogP contribution in [0.5, 0.6) is 5.75 Å². The van der Waals surface area contributed by atoms with Crippen molar-refractivity contribution in [3.8, 4) is 5.75 Å². The summed E-state index contributed by atoms with van der Waals surface area (Å²) in [6.07, 6.45) is 0. The summed E-state index contributed by atoms with van der Waals surface area (Å²) in [5, 5.41) is 0.440. The zero-order valence-electron chi connectivity index (χ0n) is 12.7. The third kappa shape index (κ3) is 3.45. The third-order valence-corrected chi connectivity index (χ3v) is 3.72. The van der Waals surface area contributed by atoms with E-state index in [4.69, 9.17) is 16.3 Å². The van der Waals surface area contributed by atoms with Gasteiger partial charge in [0.1, 0.15) is 5.75 Å². The lowest BCUT2D eigenvalue weighted by Crippen LogP contribution is -2.11. The molecule has 0 aliphatic rings. The van der Waals surface area contributed by atoms with Crippen LogP contribution in [0.25, 0.3) is 0 Å². The molecule has 0 aromatic heterocycles. The van der Waals surface area contributed by atoms with Crippen LogP contribution >= 0.6 is 11.6 Å². The molecule has 21 heavy (non-hydrogen) atoms. The molecule has 0 fully saturated rings. The highest BCUT2D eigenvalue weighted by Crippen LogP contribution is 2.27. The lowest BCUT2D eigenvalue weighted by Gasteiger charge is -2.19. The average molecular weight is 303 g/mol. The van der Waals surface area contributed by atoms with Gasteiger partial charge >= 0.3 is 0 Å². The van der Waals surface area contributed by atoms with E-state index < -0.39 is 0 Å². The van der Waals surface area contributed by atoms with Crippen molar-refractivity contribution in [3.63, 3.8) is 0 Å². The van der Waals surface area contributed by atoms with E-state index in [0.717, 1.165) is 0 Å². The Hall–Kier alpha value is -1.80. The maximum Gasteiger partial charge on any atom is 0.193 e. The highest BCUT2D eigenvalue weighted by Gasteiger charge is 2.15. The minimum atomic E-state index is -0.0417. The first-order chi connectivity index (χ1) is 9.82. The summed E-state index contributed by atoms with van der Waals surface area (Å²) in [5.41, 5.74) is 2.49. The number of ketones is 1. The molecule has 0 spiro atoms. The largest absolute Gasteiger partial charge is 0.495 e. The maximum absolute atomic E-state index is 12.5. The molecule has 0 aliphatic carbocycles. The summed E-state index contributed by atoms with van der Waals surface area (Å²) in [6.45, 7) is 6.44. The smallest absolute Gasteiger partial charge is 0.193 e. The fraction of sp³-hybridized carbons (Fsp3) is 0.278. The first-order valence-electron chi connectivity index (χ1n) is 6.81. The van der Waals surface area contributed by atoms with Gasteiger partial charge in [-0.05, 0) is 29.2 Å². The van der Waals surface area contributed by atoms with E-state index in [1.54, 1.807) is 25.3 Å². The van der Waals surface area contributed by atoms with Crippen molar-refractivity contribution in [3.05, 3.63) is 64.2 Å². The summed E-state index contributed by atoms with van der Waals surface area (Å²) in [7, 11) is 1.55. The number of halogens is 1. The van der Waals surface area contributed by atoms with Crippen LogP contribution in [0.2, 0.25) is 5.02 Å². The second kappa shape index (κ2) is 5.90. The van der Waals surface area contributed by atoms with Crippen LogP contribution in [0.3, 0.4) is 0 Å². The van der Waals surface area contributed by atoms with Gasteiger partial charge in [-0.2, -0.15) is 0 Å². The first-order valence-corrected chi connectivity index (χ1v) is 7.19. The number of benzene rings is 2. The molecule has 110 valence electrons. The summed E-state index contributed by atoms with van der Waals surface area (Å²) >= 11 is 6.07. The molecular formula is C18H19ClO2. The number of hydrogen-bond donors (Lipinski definition) is 0. The van der Waals surface area contributed by atoms with Crippen molar-refractivity contribution < 1.29 is 9.53 Å². The van der Waals surface area contributed by atoms with Gasteiger partial charge in [-0.25, -0.2) is 0 Å². The Bertz CT molecular complexity index is 652. The van der Waals surface area contributed by atoms with Gasteiger partial charge < -0.3 is 4.74 Å². The molecule has 2 nitrogen and oxygen atoms in total. The predicted molar refractivity (Wildman–Crippen MR) is 86.6 cm³/mol. The molecule has 0 N–H and O–H groups in total. The van der Waals surface area contributed by atoms with Crippen LogP contribution in [-0.4, -0.2) is 12.9 Å². The van der Waals surface area contributed by atoms with Gasteiger partial charge in [0.05, 0.1) is 12.1 Å². The van der Waals surface area contributed by atoms with E-state index in [1.807, 2.05) is 24.3 Å². The van der Waals surface area contributed by atoms with E-state index in [2.05, 4.69) is 20.8 Å². The number of ether oxygens (including phenoxy) is 1. The van der Waals surface area contributed by atoms with Gasteiger partial charge in [-0.3, -0.25) is 4.79 Å². The number of carbonyl (C=O) groups is 1. The Kier molecular flexibility index (Phi) is 4.38. The highest BCUT2D eigenvalue weighted by atomic mass is 35.5. The molecule has 0 unspecified atom stereocenters. The Balaban J connectivity index is 2.30. The quantitative estimate of drug-likeness (QED) is 0.756. The zero-order valence-corrected chi connectivity index (χ0v) is 13.5. The van der Waals surface area contributed by atoms with Gasteiger partial charge in [-0.1, -0.05) is 56.6 Å². The van der Waals surface area contributed by atoms with Gasteiger partial charge in [0.25, 0.3) is 0 Å². The van der Waals surface area contributed by atoms with Crippen LogP contribution in [0.4, 0.5) is 0 Å². The van der Waals surface area contributed by atoms with E-state index >= 15 is 0 Å².